The summed E-state index contributed by atoms with van der Waals surface area (Å²) in [6.07, 6.45) is 4.69. The molecule has 0 radical (unpaired) electrons. The highest BCUT2D eigenvalue weighted by molar-refractivity contribution is 5.78. The van der Waals surface area contributed by atoms with Gasteiger partial charge in [-0.2, -0.15) is 0 Å². The van der Waals surface area contributed by atoms with Crippen LogP contribution in [0.25, 0.3) is 10.9 Å². The fourth-order valence-corrected chi connectivity index (χ4v) is 2.75. The number of aromatic nitrogens is 1. The Hall–Kier alpha value is -1.81. The van der Waals surface area contributed by atoms with E-state index < -0.39 is 0 Å². The van der Waals surface area contributed by atoms with Gasteiger partial charge < -0.3 is 10.2 Å². The number of nitrogens with one attached hydrogen (secondary N) is 1. The molecule has 1 aliphatic rings. The first-order chi connectivity index (χ1) is 9.84. The zero-order valence-corrected chi connectivity index (χ0v) is 11.5. The van der Waals surface area contributed by atoms with Crippen molar-refractivity contribution in [1.29, 1.82) is 0 Å². The Balaban J connectivity index is 1.70. The third kappa shape index (κ3) is 2.85. The van der Waals surface area contributed by atoms with Crippen LogP contribution in [0.15, 0.2) is 41.2 Å². The highest BCUT2D eigenvalue weighted by Gasteiger charge is 2.12. The van der Waals surface area contributed by atoms with Gasteiger partial charge in [-0.05, 0) is 37.9 Å². The Morgan fingerprint density at radius 1 is 1.20 bits per heavy atom. The molecule has 0 amide bonds. The number of hydrogen-bond acceptors (Lipinski definition) is 3. The molecule has 0 saturated carbocycles. The van der Waals surface area contributed by atoms with Gasteiger partial charge in [-0.1, -0.05) is 24.6 Å². The lowest BCUT2D eigenvalue weighted by molar-refractivity contribution is 0.101. The van der Waals surface area contributed by atoms with Crippen molar-refractivity contribution >= 4 is 10.9 Å². The van der Waals surface area contributed by atoms with E-state index in [1.807, 2.05) is 30.3 Å². The van der Waals surface area contributed by atoms with E-state index in [2.05, 4.69) is 5.32 Å². The minimum atomic E-state index is -0.111. The lowest BCUT2D eigenvalue weighted by atomic mass is 10.0. The van der Waals surface area contributed by atoms with Gasteiger partial charge in [-0.25, -0.2) is 0 Å². The summed E-state index contributed by atoms with van der Waals surface area (Å²) in [6, 6.07) is 11.7. The summed E-state index contributed by atoms with van der Waals surface area (Å²) in [5, 5.41) is 4.51. The molecular formula is C16H20N2O2. The Morgan fingerprint density at radius 2 is 2.10 bits per heavy atom. The summed E-state index contributed by atoms with van der Waals surface area (Å²) < 4.78 is 1.41. The van der Waals surface area contributed by atoms with Crippen LogP contribution in [0.2, 0.25) is 0 Å². The molecule has 1 saturated heterocycles. The highest BCUT2D eigenvalue weighted by Crippen LogP contribution is 2.11. The zero-order valence-electron chi connectivity index (χ0n) is 11.5. The molecule has 4 heteroatoms. The second kappa shape index (κ2) is 6.09. The average Bonchev–Trinajstić information content (AvgIpc) is 2.50. The van der Waals surface area contributed by atoms with E-state index in [0.717, 1.165) is 23.9 Å². The van der Waals surface area contributed by atoms with Gasteiger partial charge in [-0.3, -0.25) is 4.79 Å². The molecule has 4 nitrogen and oxygen atoms in total. The lowest BCUT2D eigenvalue weighted by Crippen LogP contribution is -2.36. The summed E-state index contributed by atoms with van der Waals surface area (Å²) in [5.41, 5.74) is 0.719. The van der Waals surface area contributed by atoms with Crippen LogP contribution in [0.1, 0.15) is 25.7 Å². The van der Waals surface area contributed by atoms with Gasteiger partial charge in [0, 0.05) is 17.5 Å². The SMILES string of the molecule is O=c1ccc2ccccc2n1OCCC1CCCCN1. The molecule has 3 rings (SSSR count). The third-order valence-electron chi connectivity index (χ3n) is 3.86. The monoisotopic (exact) mass is 272 g/mol. The van der Waals surface area contributed by atoms with E-state index in [1.54, 1.807) is 6.07 Å². The van der Waals surface area contributed by atoms with Crippen molar-refractivity contribution in [2.24, 2.45) is 0 Å². The first-order valence-corrected chi connectivity index (χ1v) is 7.32. The molecular weight excluding hydrogens is 252 g/mol. The molecule has 1 N–H and O–H groups in total. The van der Waals surface area contributed by atoms with Crippen molar-refractivity contribution in [3.05, 3.63) is 46.8 Å². The Bertz CT molecular complexity index is 630. The number of nitrogens with zero attached hydrogens (tertiary/aromatic N) is 1. The Morgan fingerprint density at radius 3 is 2.95 bits per heavy atom. The van der Waals surface area contributed by atoms with Crippen molar-refractivity contribution in [2.45, 2.75) is 31.7 Å². The molecule has 1 aromatic heterocycles. The molecule has 106 valence electrons. The van der Waals surface area contributed by atoms with E-state index in [9.17, 15) is 4.79 Å². The second-order valence-electron chi connectivity index (χ2n) is 5.29. The molecule has 1 aromatic carbocycles. The van der Waals surface area contributed by atoms with Crippen LogP contribution in [-0.4, -0.2) is 23.9 Å². The van der Waals surface area contributed by atoms with Gasteiger partial charge >= 0.3 is 0 Å². The van der Waals surface area contributed by atoms with E-state index >= 15 is 0 Å². The average molecular weight is 272 g/mol. The van der Waals surface area contributed by atoms with Crippen molar-refractivity contribution < 1.29 is 4.84 Å². The molecule has 2 heterocycles. The standard InChI is InChI=1S/C16H20N2O2/c19-16-9-8-13-5-1-2-7-15(13)18(16)20-12-10-14-6-3-4-11-17-14/h1-2,5,7-9,14,17H,3-4,6,10-12H2. The molecule has 0 spiro atoms. The Labute approximate surface area is 118 Å². The predicted octanol–water partition coefficient (Wildman–Crippen LogP) is 1.96. The van der Waals surface area contributed by atoms with Gasteiger partial charge in [0.25, 0.3) is 5.56 Å². The number of piperidine rings is 1. The molecule has 20 heavy (non-hydrogen) atoms. The van der Waals surface area contributed by atoms with Crippen molar-refractivity contribution in [3.8, 4) is 0 Å². The maximum absolute atomic E-state index is 11.9. The summed E-state index contributed by atoms with van der Waals surface area (Å²) in [6.45, 7) is 1.66. The van der Waals surface area contributed by atoms with E-state index in [4.69, 9.17) is 4.84 Å². The fourth-order valence-electron chi connectivity index (χ4n) is 2.75. The van der Waals surface area contributed by atoms with Crippen LogP contribution in [-0.2, 0) is 0 Å². The number of rotatable bonds is 4. The largest absolute Gasteiger partial charge is 0.410 e. The van der Waals surface area contributed by atoms with Gasteiger partial charge in [0.1, 0.15) is 6.61 Å². The first kappa shape index (κ1) is 13.2. The maximum atomic E-state index is 11.9. The molecule has 0 aliphatic carbocycles. The number of benzene rings is 1. The number of pyridine rings is 1. The molecule has 1 aliphatic heterocycles. The molecule has 1 atom stereocenters. The number of hydrogen-bond donors (Lipinski definition) is 1. The lowest BCUT2D eigenvalue weighted by Gasteiger charge is -2.23. The van der Waals surface area contributed by atoms with Crippen molar-refractivity contribution in [3.63, 3.8) is 0 Å². The first-order valence-electron chi connectivity index (χ1n) is 7.32. The van der Waals surface area contributed by atoms with E-state index in [1.165, 1.54) is 24.0 Å². The number of fused-ring (bicyclic) bond motifs is 1. The van der Waals surface area contributed by atoms with Crippen molar-refractivity contribution in [1.82, 2.24) is 10.0 Å². The maximum Gasteiger partial charge on any atom is 0.283 e. The van der Waals surface area contributed by atoms with E-state index in [0.29, 0.717) is 12.6 Å². The highest BCUT2D eigenvalue weighted by atomic mass is 16.7. The summed E-state index contributed by atoms with van der Waals surface area (Å²) in [7, 11) is 0. The van der Waals surface area contributed by atoms with Gasteiger partial charge in [0.15, 0.2) is 0 Å². The predicted molar refractivity (Wildman–Crippen MR) is 79.9 cm³/mol. The smallest absolute Gasteiger partial charge is 0.283 e. The second-order valence-corrected chi connectivity index (χ2v) is 5.29. The quantitative estimate of drug-likeness (QED) is 0.925. The molecule has 0 bridgehead atoms. The summed E-state index contributed by atoms with van der Waals surface area (Å²) >= 11 is 0. The van der Waals surface area contributed by atoms with Gasteiger partial charge in [0.05, 0.1) is 5.52 Å². The van der Waals surface area contributed by atoms with Crippen molar-refractivity contribution in [2.75, 3.05) is 13.2 Å². The zero-order chi connectivity index (χ0) is 13.8. The van der Waals surface area contributed by atoms with Gasteiger partial charge in [-0.15, -0.1) is 4.73 Å². The van der Waals surface area contributed by atoms with Crippen LogP contribution in [0.5, 0.6) is 0 Å². The van der Waals surface area contributed by atoms with Gasteiger partial charge in [0.2, 0.25) is 0 Å². The van der Waals surface area contributed by atoms with E-state index in [-0.39, 0.29) is 5.56 Å². The van der Waals surface area contributed by atoms with Crippen LogP contribution < -0.4 is 15.7 Å². The van der Waals surface area contributed by atoms with Crippen LogP contribution in [0.4, 0.5) is 0 Å². The summed E-state index contributed by atoms with van der Waals surface area (Å²) in [5.74, 6) is 0. The molecule has 1 unspecified atom stereocenters. The van der Waals surface area contributed by atoms with Crippen LogP contribution >= 0.6 is 0 Å². The van der Waals surface area contributed by atoms with Crippen LogP contribution in [0.3, 0.4) is 0 Å². The Kier molecular flexibility index (Phi) is 4.02. The number of para-hydroxylation sites is 1. The third-order valence-corrected chi connectivity index (χ3v) is 3.86. The van der Waals surface area contributed by atoms with Crippen LogP contribution in [0, 0.1) is 0 Å². The molecule has 1 fully saturated rings. The normalized spacial score (nSPS) is 19.1. The summed E-state index contributed by atoms with van der Waals surface area (Å²) in [4.78, 5) is 17.7. The minimum absolute atomic E-state index is 0.111. The molecule has 2 aromatic rings. The fraction of sp³-hybridized carbons (Fsp3) is 0.438. The topological polar surface area (TPSA) is 43.3 Å². The minimum Gasteiger partial charge on any atom is -0.410 e.